The van der Waals surface area contributed by atoms with E-state index in [0.29, 0.717) is 22.6 Å². The fourth-order valence-electron chi connectivity index (χ4n) is 1.46. The molecule has 0 spiro atoms. The summed E-state index contributed by atoms with van der Waals surface area (Å²) in [6.07, 6.45) is 0. The van der Waals surface area contributed by atoms with Gasteiger partial charge in [0.25, 0.3) is 0 Å². The Morgan fingerprint density at radius 2 is 1.47 bits per heavy atom. The number of nitrogens with zero attached hydrogens (tertiary/aromatic N) is 3. The van der Waals surface area contributed by atoms with Crippen molar-refractivity contribution in [3.05, 3.63) is 52.9 Å². The van der Waals surface area contributed by atoms with Crippen molar-refractivity contribution in [1.29, 1.82) is 0 Å². The van der Waals surface area contributed by atoms with E-state index >= 15 is 0 Å². The van der Waals surface area contributed by atoms with Crippen LogP contribution in [0.2, 0.25) is 0 Å². The van der Waals surface area contributed by atoms with E-state index in [4.69, 9.17) is 5.11 Å². The molecule has 6 heteroatoms. The lowest BCUT2D eigenvalue weighted by atomic mass is 10.2. The highest BCUT2D eigenvalue weighted by Gasteiger charge is 2.00. The van der Waals surface area contributed by atoms with E-state index in [1.165, 1.54) is 18.2 Å². The Balaban J connectivity index is 2.19. The van der Waals surface area contributed by atoms with Crippen molar-refractivity contribution < 1.29 is 10.2 Å². The SMILES string of the molecule is O=Nc1ccc(N=Nc2ccc(O)c(CO)c2)cc1. The topological polar surface area (TPSA) is 94.6 Å². The highest BCUT2D eigenvalue weighted by Crippen LogP contribution is 2.25. The van der Waals surface area contributed by atoms with Gasteiger partial charge in [-0.2, -0.15) is 10.2 Å². The maximum atomic E-state index is 10.2. The minimum absolute atomic E-state index is 0.0165. The molecule has 0 saturated heterocycles. The number of azo groups is 1. The Labute approximate surface area is 109 Å². The normalized spacial score (nSPS) is 10.8. The molecule has 0 aliphatic rings. The van der Waals surface area contributed by atoms with E-state index in [0.717, 1.165) is 0 Å². The molecule has 0 heterocycles. The van der Waals surface area contributed by atoms with E-state index in [1.807, 2.05) is 0 Å². The molecule has 0 atom stereocenters. The number of nitroso groups, excluding NO2 is 1. The van der Waals surface area contributed by atoms with Crippen LogP contribution in [0.1, 0.15) is 5.56 Å². The Morgan fingerprint density at radius 1 is 0.895 bits per heavy atom. The predicted molar refractivity (Wildman–Crippen MR) is 70.1 cm³/mol. The summed E-state index contributed by atoms with van der Waals surface area (Å²) >= 11 is 0. The van der Waals surface area contributed by atoms with Gasteiger partial charge in [0.1, 0.15) is 11.4 Å². The van der Waals surface area contributed by atoms with E-state index < -0.39 is 0 Å². The van der Waals surface area contributed by atoms with Crippen LogP contribution in [0.4, 0.5) is 17.1 Å². The second kappa shape index (κ2) is 5.83. The molecule has 6 nitrogen and oxygen atoms in total. The number of benzene rings is 2. The van der Waals surface area contributed by atoms with Gasteiger partial charge in [0.15, 0.2) is 0 Å². The van der Waals surface area contributed by atoms with Crippen LogP contribution in [0.5, 0.6) is 5.75 Å². The van der Waals surface area contributed by atoms with Gasteiger partial charge in [-0.25, -0.2) is 0 Å². The third-order valence-electron chi connectivity index (χ3n) is 2.47. The minimum Gasteiger partial charge on any atom is -0.508 e. The molecule has 2 rings (SSSR count). The van der Waals surface area contributed by atoms with Gasteiger partial charge in [0, 0.05) is 5.56 Å². The zero-order valence-corrected chi connectivity index (χ0v) is 9.89. The summed E-state index contributed by atoms with van der Waals surface area (Å²) in [5, 5.41) is 29.2. The predicted octanol–water partition coefficient (Wildman–Crippen LogP) is 3.70. The number of rotatable bonds is 4. The number of aliphatic hydroxyl groups excluding tert-OH is 1. The molecule has 0 amide bonds. The Bertz CT molecular complexity index is 609. The van der Waals surface area contributed by atoms with Crippen LogP contribution in [-0.4, -0.2) is 10.2 Å². The zero-order valence-electron chi connectivity index (χ0n) is 9.89. The van der Waals surface area contributed by atoms with Crippen LogP contribution >= 0.6 is 0 Å². The Kier molecular flexibility index (Phi) is 3.94. The first-order valence-electron chi connectivity index (χ1n) is 5.51. The second-order valence-electron chi connectivity index (χ2n) is 3.78. The Morgan fingerprint density at radius 3 is 2.11 bits per heavy atom. The number of hydrogen-bond donors (Lipinski definition) is 2. The third kappa shape index (κ3) is 3.20. The number of aromatic hydroxyl groups is 1. The summed E-state index contributed by atoms with van der Waals surface area (Å²) in [5.74, 6) is 0.0165. The molecule has 2 aromatic carbocycles. The van der Waals surface area contributed by atoms with Crippen molar-refractivity contribution in [1.82, 2.24) is 0 Å². The molecule has 0 radical (unpaired) electrons. The van der Waals surface area contributed by atoms with Crippen molar-refractivity contribution in [3.63, 3.8) is 0 Å². The summed E-state index contributed by atoms with van der Waals surface area (Å²) in [6, 6.07) is 10.9. The van der Waals surface area contributed by atoms with Crippen LogP contribution < -0.4 is 0 Å². The summed E-state index contributed by atoms with van der Waals surface area (Å²) in [4.78, 5) is 10.2. The van der Waals surface area contributed by atoms with Gasteiger partial charge in [0.2, 0.25) is 0 Å². The van der Waals surface area contributed by atoms with Crippen LogP contribution in [0.15, 0.2) is 57.9 Å². The smallest absolute Gasteiger partial charge is 0.121 e. The molecule has 2 aromatic rings. The number of phenols is 1. The van der Waals surface area contributed by atoms with Gasteiger partial charge in [-0.3, -0.25) is 0 Å². The lowest BCUT2D eigenvalue weighted by Gasteiger charge is -2.01. The molecule has 0 aliphatic heterocycles. The van der Waals surface area contributed by atoms with Gasteiger partial charge in [-0.15, -0.1) is 4.91 Å². The van der Waals surface area contributed by atoms with Gasteiger partial charge in [-0.1, -0.05) is 0 Å². The third-order valence-corrected chi connectivity index (χ3v) is 2.47. The first-order chi connectivity index (χ1) is 9.22. The molecule has 0 bridgehead atoms. The molecule has 0 aromatic heterocycles. The molecular formula is C13H11N3O3. The van der Waals surface area contributed by atoms with Crippen molar-refractivity contribution in [2.75, 3.05) is 0 Å². The lowest BCUT2D eigenvalue weighted by molar-refractivity contribution is 0.275. The molecule has 19 heavy (non-hydrogen) atoms. The second-order valence-corrected chi connectivity index (χ2v) is 3.78. The molecule has 0 fully saturated rings. The van der Waals surface area contributed by atoms with Crippen LogP contribution in [0.3, 0.4) is 0 Å². The lowest BCUT2D eigenvalue weighted by Crippen LogP contribution is -1.82. The maximum absolute atomic E-state index is 10.2. The first kappa shape index (κ1) is 12.8. The average Bonchev–Trinajstić information content (AvgIpc) is 2.47. The summed E-state index contributed by atoms with van der Waals surface area (Å²) in [7, 11) is 0. The quantitative estimate of drug-likeness (QED) is 0.645. The van der Waals surface area contributed by atoms with E-state index in [9.17, 15) is 10.0 Å². The van der Waals surface area contributed by atoms with E-state index in [1.54, 1.807) is 24.3 Å². The van der Waals surface area contributed by atoms with Crippen molar-refractivity contribution in [2.45, 2.75) is 6.61 Å². The van der Waals surface area contributed by atoms with Gasteiger partial charge in [-0.05, 0) is 47.6 Å². The first-order valence-corrected chi connectivity index (χ1v) is 5.51. The van der Waals surface area contributed by atoms with E-state index in [2.05, 4.69) is 15.4 Å². The number of aliphatic hydroxyl groups is 1. The average molecular weight is 257 g/mol. The fourth-order valence-corrected chi connectivity index (χ4v) is 1.46. The molecular weight excluding hydrogens is 246 g/mol. The van der Waals surface area contributed by atoms with Gasteiger partial charge >= 0.3 is 0 Å². The monoisotopic (exact) mass is 257 g/mol. The highest BCUT2D eigenvalue weighted by molar-refractivity contribution is 5.49. The Hall–Kier alpha value is -2.60. The summed E-state index contributed by atoms with van der Waals surface area (Å²) < 4.78 is 0. The largest absolute Gasteiger partial charge is 0.508 e. The standard InChI is InChI=1S/C13H11N3O3/c17-8-9-7-12(5-6-13(9)18)15-14-10-1-3-11(16-19)4-2-10/h1-7,17-18H,8H2. The molecule has 0 unspecified atom stereocenters. The van der Waals surface area contributed by atoms with Crippen LogP contribution in [0, 0.1) is 4.91 Å². The van der Waals surface area contributed by atoms with Crippen molar-refractivity contribution in [3.8, 4) is 5.75 Å². The number of hydrogen-bond acceptors (Lipinski definition) is 6. The van der Waals surface area contributed by atoms with Gasteiger partial charge in [0.05, 0.1) is 18.0 Å². The molecule has 0 saturated carbocycles. The van der Waals surface area contributed by atoms with Crippen LogP contribution in [0.25, 0.3) is 0 Å². The summed E-state index contributed by atoms with van der Waals surface area (Å²) in [6.45, 7) is -0.269. The van der Waals surface area contributed by atoms with E-state index in [-0.39, 0.29) is 12.4 Å². The van der Waals surface area contributed by atoms with Crippen molar-refractivity contribution >= 4 is 17.1 Å². The molecule has 96 valence electrons. The maximum Gasteiger partial charge on any atom is 0.121 e. The fraction of sp³-hybridized carbons (Fsp3) is 0.0769. The zero-order chi connectivity index (χ0) is 13.7. The summed E-state index contributed by atoms with van der Waals surface area (Å²) in [5.41, 5.74) is 1.80. The van der Waals surface area contributed by atoms with Crippen LogP contribution in [-0.2, 0) is 6.61 Å². The van der Waals surface area contributed by atoms with Gasteiger partial charge < -0.3 is 10.2 Å². The van der Waals surface area contributed by atoms with Crippen molar-refractivity contribution in [2.24, 2.45) is 15.4 Å². The molecule has 0 aliphatic carbocycles. The highest BCUT2D eigenvalue weighted by atomic mass is 16.3. The molecule has 2 N–H and O–H groups in total. The minimum atomic E-state index is -0.269.